The molecule has 0 heterocycles. The first-order valence-electron chi connectivity index (χ1n) is 34.6. The van der Waals surface area contributed by atoms with Crippen molar-refractivity contribution in [2.24, 2.45) is 0 Å². The zero-order valence-electron chi connectivity index (χ0n) is 51.5. The van der Waals surface area contributed by atoms with Gasteiger partial charge in [-0.25, -0.2) is 0 Å². The molecular formula is C70H135NO5. The second-order valence-corrected chi connectivity index (χ2v) is 23.9. The molecule has 0 bridgehead atoms. The molecule has 0 aliphatic carbocycles. The summed E-state index contributed by atoms with van der Waals surface area (Å²) >= 11 is 0. The Kier molecular flexibility index (Phi) is 64.4. The van der Waals surface area contributed by atoms with Crippen molar-refractivity contribution in [2.45, 2.75) is 398 Å². The normalized spacial score (nSPS) is 12.6. The van der Waals surface area contributed by atoms with E-state index in [9.17, 15) is 19.8 Å². The Morgan fingerprint density at radius 3 is 0.934 bits per heavy atom. The van der Waals surface area contributed by atoms with E-state index in [2.05, 4.69) is 31.3 Å². The molecule has 450 valence electrons. The van der Waals surface area contributed by atoms with Crippen molar-refractivity contribution in [1.82, 2.24) is 5.32 Å². The number of hydrogen-bond donors (Lipinski definition) is 3. The Labute approximate surface area is 475 Å². The van der Waals surface area contributed by atoms with Crippen LogP contribution in [0.1, 0.15) is 386 Å². The van der Waals surface area contributed by atoms with Crippen LogP contribution >= 0.6 is 0 Å². The number of ether oxygens (including phenoxy) is 1. The van der Waals surface area contributed by atoms with E-state index in [-0.39, 0.29) is 18.5 Å². The molecule has 0 aromatic carbocycles. The van der Waals surface area contributed by atoms with Crippen LogP contribution in [0, 0.1) is 0 Å². The van der Waals surface area contributed by atoms with Crippen molar-refractivity contribution in [2.75, 3.05) is 13.2 Å². The molecule has 0 aromatic rings. The van der Waals surface area contributed by atoms with E-state index in [0.29, 0.717) is 19.4 Å². The fourth-order valence-electron chi connectivity index (χ4n) is 10.9. The fourth-order valence-corrected chi connectivity index (χ4v) is 10.9. The highest BCUT2D eigenvalue weighted by atomic mass is 16.5. The minimum absolute atomic E-state index is 0.00886. The van der Waals surface area contributed by atoms with Gasteiger partial charge in [0.25, 0.3) is 0 Å². The number of nitrogens with one attached hydrogen (secondary N) is 1. The van der Waals surface area contributed by atoms with Gasteiger partial charge in [-0.1, -0.05) is 340 Å². The lowest BCUT2D eigenvalue weighted by molar-refractivity contribution is -0.143. The maximum Gasteiger partial charge on any atom is 0.305 e. The van der Waals surface area contributed by atoms with Crippen LogP contribution in [0.2, 0.25) is 0 Å². The maximum atomic E-state index is 12.5. The van der Waals surface area contributed by atoms with Crippen LogP contribution < -0.4 is 5.32 Å². The van der Waals surface area contributed by atoms with Crippen LogP contribution in [-0.2, 0) is 14.3 Å². The van der Waals surface area contributed by atoms with E-state index in [4.69, 9.17) is 4.74 Å². The number of esters is 1. The van der Waals surface area contributed by atoms with Gasteiger partial charge in [0.1, 0.15) is 0 Å². The molecule has 0 aliphatic rings. The second-order valence-electron chi connectivity index (χ2n) is 23.9. The summed E-state index contributed by atoms with van der Waals surface area (Å²) in [5.41, 5.74) is 0. The summed E-state index contributed by atoms with van der Waals surface area (Å²) < 4.78 is 5.50. The molecule has 3 N–H and O–H groups in total. The van der Waals surface area contributed by atoms with Crippen molar-refractivity contribution in [3.8, 4) is 0 Å². The predicted molar refractivity (Wildman–Crippen MR) is 333 cm³/mol. The molecule has 0 radical (unpaired) electrons. The molecule has 1 amide bonds. The van der Waals surface area contributed by atoms with Crippen molar-refractivity contribution in [3.63, 3.8) is 0 Å². The number of carbonyl (C=O) groups excluding carboxylic acids is 2. The van der Waals surface area contributed by atoms with Crippen molar-refractivity contribution in [3.05, 3.63) is 24.3 Å². The first-order chi connectivity index (χ1) is 37.5. The summed E-state index contributed by atoms with van der Waals surface area (Å²) in [5.74, 6) is -0.0649. The number of hydrogen-bond acceptors (Lipinski definition) is 5. The standard InChI is InChI=1S/C70H135NO5/c1-3-5-7-9-11-13-15-17-19-21-23-24-27-30-34-38-42-46-50-54-58-62-68(73)67(66-72)71-69(74)63-59-55-51-47-43-39-35-31-28-25-29-33-37-41-45-49-53-57-61-65-76-70(75)64-60-56-52-48-44-40-36-32-26-22-20-18-16-14-12-10-8-6-4-2/h25,28,58,62,67-68,72-73H,3-24,26-27,29-57,59-61,63-66H2,1-2H3,(H,71,74)/b28-25-,62-58+. The van der Waals surface area contributed by atoms with E-state index in [1.807, 2.05) is 6.08 Å². The van der Waals surface area contributed by atoms with Gasteiger partial charge in [-0.15, -0.1) is 0 Å². The molecule has 6 heteroatoms. The Morgan fingerprint density at radius 2 is 0.618 bits per heavy atom. The van der Waals surface area contributed by atoms with Crippen LogP contribution in [-0.4, -0.2) is 47.4 Å². The number of rotatable bonds is 65. The second kappa shape index (κ2) is 65.9. The average Bonchev–Trinajstić information content (AvgIpc) is 3.42. The molecule has 0 rings (SSSR count). The van der Waals surface area contributed by atoms with Crippen LogP contribution in [0.4, 0.5) is 0 Å². The van der Waals surface area contributed by atoms with Crippen molar-refractivity contribution < 1.29 is 24.5 Å². The summed E-state index contributed by atoms with van der Waals surface area (Å²) in [6.07, 6.45) is 82.4. The first kappa shape index (κ1) is 74.3. The maximum absolute atomic E-state index is 12.5. The molecule has 2 unspecified atom stereocenters. The number of aliphatic hydroxyl groups is 2. The Morgan fingerprint density at radius 1 is 0.355 bits per heavy atom. The van der Waals surface area contributed by atoms with Gasteiger partial charge in [0, 0.05) is 12.8 Å². The van der Waals surface area contributed by atoms with Crippen molar-refractivity contribution >= 4 is 11.9 Å². The molecule has 76 heavy (non-hydrogen) atoms. The van der Waals surface area contributed by atoms with E-state index < -0.39 is 12.1 Å². The summed E-state index contributed by atoms with van der Waals surface area (Å²) in [7, 11) is 0. The topological polar surface area (TPSA) is 95.9 Å². The molecule has 0 saturated heterocycles. The minimum atomic E-state index is -0.852. The minimum Gasteiger partial charge on any atom is -0.466 e. The largest absolute Gasteiger partial charge is 0.466 e. The summed E-state index contributed by atoms with van der Waals surface area (Å²) in [6, 6.07) is -0.636. The number of allylic oxidation sites excluding steroid dienone is 3. The van der Waals surface area contributed by atoms with Gasteiger partial charge in [-0.2, -0.15) is 0 Å². The molecule has 2 atom stereocenters. The summed E-state index contributed by atoms with van der Waals surface area (Å²) in [6.45, 7) is 4.93. The highest BCUT2D eigenvalue weighted by Gasteiger charge is 2.18. The van der Waals surface area contributed by atoms with Gasteiger partial charge in [0.05, 0.1) is 25.4 Å². The monoisotopic (exact) mass is 1070 g/mol. The fraction of sp³-hybridized carbons (Fsp3) is 0.914. The van der Waals surface area contributed by atoms with Gasteiger partial charge >= 0.3 is 5.97 Å². The van der Waals surface area contributed by atoms with Gasteiger partial charge in [0.15, 0.2) is 0 Å². The third kappa shape index (κ3) is 61.6. The number of unbranched alkanes of at least 4 members (excludes halogenated alkanes) is 52. The zero-order chi connectivity index (χ0) is 55.0. The molecule has 0 saturated carbocycles. The summed E-state index contributed by atoms with van der Waals surface area (Å²) in [5, 5.41) is 23.2. The van der Waals surface area contributed by atoms with E-state index in [1.165, 1.54) is 315 Å². The molecular weight excluding hydrogens is 935 g/mol. The van der Waals surface area contributed by atoms with Crippen LogP contribution in [0.5, 0.6) is 0 Å². The molecule has 0 fully saturated rings. The third-order valence-corrected chi connectivity index (χ3v) is 16.2. The van der Waals surface area contributed by atoms with E-state index in [1.54, 1.807) is 6.08 Å². The number of carbonyl (C=O) groups is 2. The predicted octanol–water partition coefficient (Wildman–Crippen LogP) is 22.1. The zero-order valence-corrected chi connectivity index (χ0v) is 51.5. The SMILES string of the molecule is CCCCCCCCCCCCCCCCCCCCC/C=C/C(O)C(CO)NC(=O)CCCCCCCCC/C=C\CCCCCCCCCCOC(=O)CCCCCCCCCCCCCCCCCCCCC. The van der Waals surface area contributed by atoms with Gasteiger partial charge < -0.3 is 20.3 Å². The highest BCUT2D eigenvalue weighted by molar-refractivity contribution is 5.76. The number of aliphatic hydroxyl groups excluding tert-OH is 2. The van der Waals surface area contributed by atoms with Gasteiger partial charge in [-0.05, 0) is 57.8 Å². The first-order valence-corrected chi connectivity index (χ1v) is 34.6. The van der Waals surface area contributed by atoms with Crippen LogP contribution in [0.25, 0.3) is 0 Å². The van der Waals surface area contributed by atoms with Crippen LogP contribution in [0.3, 0.4) is 0 Å². The van der Waals surface area contributed by atoms with E-state index >= 15 is 0 Å². The summed E-state index contributed by atoms with van der Waals surface area (Å²) in [4.78, 5) is 24.6. The quantitative estimate of drug-likeness (QED) is 0.0320. The molecule has 6 nitrogen and oxygen atoms in total. The van der Waals surface area contributed by atoms with Crippen LogP contribution in [0.15, 0.2) is 24.3 Å². The van der Waals surface area contributed by atoms with Gasteiger partial charge in [0.2, 0.25) is 5.91 Å². The lowest BCUT2D eigenvalue weighted by Gasteiger charge is -2.20. The molecule has 0 spiro atoms. The van der Waals surface area contributed by atoms with E-state index in [0.717, 1.165) is 44.9 Å². The molecule has 0 aliphatic heterocycles. The highest BCUT2D eigenvalue weighted by Crippen LogP contribution is 2.18. The Bertz CT molecular complexity index is 1190. The number of amides is 1. The average molecular weight is 1070 g/mol. The Hall–Kier alpha value is -1.66. The Balaban J connectivity index is 3.44. The lowest BCUT2D eigenvalue weighted by Crippen LogP contribution is -2.45. The lowest BCUT2D eigenvalue weighted by atomic mass is 10.0. The van der Waals surface area contributed by atoms with Crippen molar-refractivity contribution in [1.29, 1.82) is 0 Å². The molecule has 0 aromatic heterocycles. The smallest absolute Gasteiger partial charge is 0.305 e. The van der Waals surface area contributed by atoms with Gasteiger partial charge in [-0.3, -0.25) is 9.59 Å². The third-order valence-electron chi connectivity index (χ3n) is 16.2.